The zero-order valence-corrected chi connectivity index (χ0v) is 12.5. The summed E-state index contributed by atoms with van der Waals surface area (Å²) in [5, 5.41) is 0. The van der Waals surface area contributed by atoms with E-state index >= 15 is 0 Å². The summed E-state index contributed by atoms with van der Waals surface area (Å²) < 4.78 is 6.06. The average molecular weight is 296 g/mol. The van der Waals surface area contributed by atoms with Crippen molar-refractivity contribution in [2.24, 2.45) is 5.73 Å². The first-order valence-corrected chi connectivity index (χ1v) is 7.87. The number of aryl methyl sites for hydroxylation is 1. The van der Waals surface area contributed by atoms with Gasteiger partial charge in [0.15, 0.2) is 0 Å². The SMILES string of the molecule is Nc1nc(OC2CC(N)C2)c2c(n1)-c1ccccc1CCC2. The van der Waals surface area contributed by atoms with Crippen LogP contribution in [0.1, 0.15) is 30.4 Å². The fraction of sp³-hybridized carbons (Fsp3) is 0.412. The Bertz CT molecular complexity index is 710. The number of ether oxygens (including phenoxy) is 1. The van der Waals surface area contributed by atoms with Crippen LogP contribution in [-0.2, 0) is 12.8 Å². The van der Waals surface area contributed by atoms with Crippen LogP contribution >= 0.6 is 0 Å². The molecule has 1 aromatic heterocycles. The minimum absolute atomic E-state index is 0.159. The van der Waals surface area contributed by atoms with E-state index in [0.717, 1.165) is 48.9 Å². The van der Waals surface area contributed by atoms with Gasteiger partial charge in [-0.2, -0.15) is 4.98 Å². The molecule has 2 aliphatic carbocycles. The molecular formula is C17H20N4O. The molecule has 1 heterocycles. The van der Waals surface area contributed by atoms with Crippen LogP contribution in [0.3, 0.4) is 0 Å². The van der Waals surface area contributed by atoms with Crippen molar-refractivity contribution in [2.45, 2.75) is 44.2 Å². The first-order chi connectivity index (χ1) is 10.7. The van der Waals surface area contributed by atoms with Gasteiger partial charge in [-0.25, -0.2) is 4.98 Å². The molecule has 0 spiro atoms. The molecule has 22 heavy (non-hydrogen) atoms. The van der Waals surface area contributed by atoms with Gasteiger partial charge in [0, 0.05) is 17.2 Å². The number of anilines is 1. The van der Waals surface area contributed by atoms with Gasteiger partial charge in [0.25, 0.3) is 0 Å². The van der Waals surface area contributed by atoms with E-state index in [1.165, 1.54) is 5.56 Å². The van der Waals surface area contributed by atoms with Crippen molar-refractivity contribution in [3.63, 3.8) is 0 Å². The third-order valence-electron chi connectivity index (χ3n) is 4.54. The second-order valence-electron chi connectivity index (χ2n) is 6.20. The molecule has 0 saturated heterocycles. The summed E-state index contributed by atoms with van der Waals surface area (Å²) in [6.45, 7) is 0. The maximum Gasteiger partial charge on any atom is 0.223 e. The van der Waals surface area contributed by atoms with E-state index in [0.29, 0.717) is 5.88 Å². The molecule has 2 aromatic rings. The molecule has 1 fully saturated rings. The highest BCUT2D eigenvalue weighted by Gasteiger charge is 2.30. The number of hydrogen-bond donors (Lipinski definition) is 2. The summed E-state index contributed by atoms with van der Waals surface area (Å²) in [6.07, 6.45) is 4.95. The quantitative estimate of drug-likeness (QED) is 0.886. The standard InChI is InChI=1S/C17H20N4O/c18-11-8-12(9-11)22-16-14-7-3-5-10-4-1-2-6-13(10)15(14)20-17(19)21-16/h1-2,4,6,11-12H,3,5,7-9,18H2,(H2,19,20,21). The lowest BCUT2D eigenvalue weighted by Crippen LogP contribution is -2.43. The largest absolute Gasteiger partial charge is 0.474 e. The molecule has 0 amide bonds. The first kappa shape index (κ1) is 13.5. The van der Waals surface area contributed by atoms with Crippen LogP contribution in [-0.4, -0.2) is 22.1 Å². The number of rotatable bonds is 2. The highest BCUT2D eigenvalue weighted by atomic mass is 16.5. The van der Waals surface area contributed by atoms with Gasteiger partial charge in [-0.05, 0) is 37.7 Å². The maximum absolute atomic E-state index is 6.06. The van der Waals surface area contributed by atoms with Crippen LogP contribution in [0.15, 0.2) is 24.3 Å². The first-order valence-electron chi connectivity index (χ1n) is 7.87. The Morgan fingerprint density at radius 3 is 2.73 bits per heavy atom. The summed E-state index contributed by atoms with van der Waals surface area (Å²) in [4.78, 5) is 8.86. The molecule has 0 bridgehead atoms. The summed E-state index contributed by atoms with van der Waals surface area (Å²) in [5.74, 6) is 0.921. The van der Waals surface area contributed by atoms with E-state index in [1.54, 1.807) is 0 Å². The Hall–Kier alpha value is -2.14. The van der Waals surface area contributed by atoms with Crippen LogP contribution in [0.25, 0.3) is 11.3 Å². The van der Waals surface area contributed by atoms with Crippen LogP contribution in [0.5, 0.6) is 5.88 Å². The summed E-state index contributed by atoms with van der Waals surface area (Å²) >= 11 is 0. The molecule has 0 aliphatic heterocycles. The van der Waals surface area contributed by atoms with Gasteiger partial charge in [0.2, 0.25) is 11.8 Å². The van der Waals surface area contributed by atoms with Gasteiger partial charge < -0.3 is 16.2 Å². The number of fused-ring (bicyclic) bond motifs is 3. The summed E-state index contributed by atoms with van der Waals surface area (Å²) in [7, 11) is 0. The highest BCUT2D eigenvalue weighted by molar-refractivity contribution is 5.70. The Morgan fingerprint density at radius 2 is 1.91 bits per heavy atom. The normalized spacial score (nSPS) is 23.0. The number of nitrogens with zero attached hydrogens (tertiary/aromatic N) is 2. The van der Waals surface area contributed by atoms with Crippen molar-refractivity contribution in [2.75, 3.05) is 5.73 Å². The lowest BCUT2D eigenvalue weighted by Gasteiger charge is -2.32. The highest BCUT2D eigenvalue weighted by Crippen LogP contribution is 2.36. The van der Waals surface area contributed by atoms with E-state index in [4.69, 9.17) is 16.2 Å². The van der Waals surface area contributed by atoms with Crippen molar-refractivity contribution in [3.05, 3.63) is 35.4 Å². The zero-order valence-electron chi connectivity index (χ0n) is 12.5. The Kier molecular flexibility index (Phi) is 3.22. The number of benzene rings is 1. The molecule has 1 saturated carbocycles. The minimum atomic E-state index is 0.159. The number of hydrogen-bond acceptors (Lipinski definition) is 5. The van der Waals surface area contributed by atoms with Crippen molar-refractivity contribution in [1.82, 2.24) is 9.97 Å². The lowest BCUT2D eigenvalue weighted by molar-refractivity contribution is 0.0947. The molecule has 0 radical (unpaired) electrons. The summed E-state index contributed by atoms with van der Waals surface area (Å²) in [5.41, 5.74) is 16.2. The minimum Gasteiger partial charge on any atom is -0.474 e. The molecule has 5 nitrogen and oxygen atoms in total. The van der Waals surface area contributed by atoms with Crippen LogP contribution in [0.4, 0.5) is 5.95 Å². The van der Waals surface area contributed by atoms with Crippen LogP contribution in [0, 0.1) is 0 Å². The lowest BCUT2D eigenvalue weighted by atomic mass is 9.90. The second kappa shape index (κ2) is 5.25. The fourth-order valence-corrected chi connectivity index (χ4v) is 3.31. The van der Waals surface area contributed by atoms with Crippen molar-refractivity contribution in [1.29, 1.82) is 0 Å². The number of nitrogens with two attached hydrogens (primary N) is 2. The van der Waals surface area contributed by atoms with Crippen LogP contribution < -0.4 is 16.2 Å². The molecule has 2 aliphatic rings. The van der Waals surface area contributed by atoms with E-state index in [2.05, 4.69) is 28.2 Å². The average Bonchev–Trinajstić information content (AvgIpc) is 2.65. The fourth-order valence-electron chi connectivity index (χ4n) is 3.31. The molecule has 114 valence electrons. The predicted molar refractivity (Wildman–Crippen MR) is 85.5 cm³/mol. The number of aromatic nitrogens is 2. The van der Waals surface area contributed by atoms with Crippen molar-refractivity contribution < 1.29 is 4.74 Å². The van der Waals surface area contributed by atoms with Gasteiger partial charge in [-0.1, -0.05) is 24.3 Å². The third kappa shape index (κ3) is 2.31. The predicted octanol–water partition coefficient (Wildman–Crippen LogP) is 2.08. The molecular weight excluding hydrogens is 276 g/mol. The smallest absolute Gasteiger partial charge is 0.223 e. The van der Waals surface area contributed by atoms with E-state index in [9.17, 15) is 0 Å². The number of nitrogen functional groups attached to an aromatic ring is 1. The Morgan fingerprint density at radius 1 is 1.09 bits per heavy atom. The molecule has 1 aromatic carbocycles. The molecule has 5 heteroatoms. The monoisotopic (exact) mass is 296 g/mol. The second-order valence-corrected chi connectivity index (χ2v) is 6.20. The zero-order chi connectivity index (χ0) is 15.1. The van der Waals surface area contributed by atoms with Gasteiger partial charge in [-0.15, -0.1) is 0 Å². The van der Waals surface area contributed by atoms with E-state index < -0.39 is 0 Å². The maximum atomic E-state index is 6.06. The third-order valence-corrected chi connectivity index (χ3v) is 4.54. The van der Waals surface area contributed by atoms with E-state index in [1.807, 2.05) is 6.07 Å². The van der Waals surface area contributed by atoms with Gasteiger partial charge in [-0.3, -0.25) is 0 Å². The van der Waals surface area contributed by atoms with Gasteiger partial charge in [0.1, 0.15) is 6.10 Å². The van der Waals surface area contributed by atoms with E-state index in [-0.39, 0.29) is 18.1 Å². The van der Waals surface area contributed by atoms with Crippen molar-refractivity contribution in [3.8, 4) is 17.1 Å². The molecule has 4 N–H and O–H groups in total. The molecule has 0 unspecified atom stereocenters. The Balaban J connectivity index is 1.78. The Labute approximate surface area is 129 Å². The summed E-state index contributed by atoms with van der Waals surface area (Å²) in [6, 6.07) is 8.63. The van der Waals surface area contributed by atoms with Crippen LogP contribution in [0.2, 0.25) is 0 Å². The molecule has 0 atom stereocenters. The van der Waals surface area contributed by atoms with Gasteiger partial charge >= 0.3 is 0 Å². The van der Waals surface area contributed by atoms with Gasteiger partial charge in [0.05, 0.1) is 5.69 Å². The van der Waals surface area contributed by atoms with Crippen molar-refractivity contribution >= 4 is 5.95 Å². The topological polar surface area (TPSA) is 87.0 Å². The molecule has 4 rings (SSSR count).